The van der Waals surface area contributed by atoms with Crippen molar-refractivity contribution < 1.29 is 17.9 Å². The molecule has 0 fully saturated rings. The molecule has 0 aliphatic carbocycles. The van der Waals surface area contributed by atoms with Crippen LogP contribution in [0, 0.1) is 0 Å². The SMILES string of the molecule is CCS(=O)(=O)CC(C)N(C=O)Cc1cccc(OC(C)C)c1. The summed E-state index contributed by atoms with van der Waals surface area (Å²) in [6, 6.07) is 7.13. The van der Waals surface area contributed by atoms with Gasteiger partial charge in [-0.2, -0.15) is 0 Å². The van der Waals surface area contributed by atoms with E-state index in [1.807, 2.05) is 38.1 Å². The fourth-order valence-corrected chi connectivity index (χ4v) is 3.24. The third kappa shape index (κ3) is 6.05. The fraction of sp³-hybridized carbons (Fsp3) is 0.562. The van der Waals surface area contributed by atoms with Gasteiger partial charge in [-0.25, -0.2) is 8.42 Å². The molecule has 6 heteroatoms. The lowest BCUT2D eigenvalue weighted by molar-refractivity contribution is -0.120. The molecule has 124 valence electrons. The lowest BCUT2D eigenvalue weighted by atomic mass is 10.2. The highest BCUT2D eigenvalue weighted by Crippen LogP contribution is 2.17. The number of nitrogens with zero attached hydrogens (tertiary/aromatic N) is 1. The Kier molecular flexibility index (Phi) is 6.87. The van der Waals surface area contributed by atoms with E-state index in [4.69, 9.17) is 4.74 Å². The maximum Gasteiger partial charge on any atom is 0.210 e. The Morgan fingerprint density at radius 3 is 2.50 bits per heavy atom. The molecular weight excluding hydrogens is 302 g/mol. The minimum absolute atomic E-state index is 0.0234. The quantitative estimate of drug-likeness (QED) is 0.653. The zero-order chi connectivity index (χ0) is 16.8. The Bertz CT molecular complexity index is 584. The molecule has 0 aliphatic rings. The summed E-state index contributed by atoms with van der Waals surface area (Å²) in [6.45, 7) is 7.61. The van der Waals surface area contributed by atoms with E-state index < -0.39 is 9.84 Å². The van der Waals surface area contributed by atoms with Crippen molar-refractivity contribution in [2.24, 2.45) is 0 Å². The molecule has 1 atom stereocenters. The lowest BCUT2D eigenvalue weighted by Crippen LogP contribution is -2.37. The summed E-state index contributed by atoms with van der Waals surface area (Å²) in [6.07, 6.45) is 0.775. The molecule has 0 aliphatic heterocycles. The third-order valence-corrected chi connectivity index (χ3v) is 5.14. The van der Waals surface area contributed by atoms with Crippen molar-refractivity contribution in [2.75, 3.05) is 11.5 Å². The number of carbonyl (C=O) groups is 1. The van der Waals surface area contributed by atoms with Gasteiger partial charge in [-0.3, -0.25) is 4.79 Å². The van der Waals surface area contributed by atoms with Crippen molar-refractivity contribution in [1.29, 1.82) is 0 Å². The molecule has 0 bridgehead atoms. The second-order valence-corrected chi connectivity index (χ2v) is 8.04. The number of hydrogen-bond donors (Lipinski definition) is 0. The van der Waals surface area contributed by atoms with Gasteiger partial charge in [0.25, 0.3) is 0 Å². The molecule has 1 aromatic carbocycles. The van der Waals surface area contributed by atoms with Crippen molar-refractivity contribution in [3.8, 4) is 5.75 Å². The average molecular weight is 327 g/mol. The topological polar surface area (TPSA) is 63.7 Å². The number of amides is 1. The largest absolute Gasteiger partial charge is 0.491 e. The van der Waals surface area contributed by atoms with Crippen LogP contribution in [0.3, 0.4) is 0 Å². The first kappa shape index (κ1) is 18.5. The minimum Gasteiger partial charge on any atom is -0.491 e. The van der Waals surface area contributed by atoms with E-state index in [0.29, 0.717) is 13.0 Å². The van der Waals surface area contributed by atoms with Crippen LogP contribution in [-0.4, -0.2) is 43.4 Å². The average Bonchev–Trinajstić information content (AvgIpc) is 2.44. The zero-order valence-corrected chi connectivity index (χ0v) is 14.5. The molecule has 1 rings (SSSR count). The van der Waals surface area contributed by atoms with Crippen LogP contribution in [0.2, 0.25) is 0 Å². The van der Waals surface area contributed by atoms with Crippen molar-refractivity contribution in [2.45, 2.75) is 46.4 Å². The summed E-state index contributed by atoms with van der Waals surface area (Å²) in [4.78, 5) is 12.8. The first-order chi connectivity index (χ1) is 10.3. The Morgan fingerprint density at radius 2 is 1.95 bits per heavy atom. The Labute approximate surface area is 133 Å². The van der Waals surface area contributed by atoms with E-state index in [1.54, 1.807) is 13.8 Å². The summed E-state index contributed by atoms with van der Waals surface area (Å²) in [5, 5.41) is 0. The molecule has 5 nitrogen and oxygen atoms in total. The minimum atomic E-state index is -3.12. The Balaban J connectivity index is 2.79. The van der Waals surface area contributed by atoms with Crippen LogP contribution in [-0.2, 0) is 21.2 Å². The van der Waals surface area contributed by atoms with Gasteiger partial charge in [0.2, 0.25) is 6.41 Å². The predicted octanol–water partition coefficient (Wildman–Crippen LogP) is 2.26. The van der Waals surface area contributed by atoms with Crippen LogP contribution in [0.25, 0.3) is 0 Å². The zero-order valence-electron chi connectivity index (χ0n) is 13.7. The molecule has 1 amide bonds. The second kappa shape index (κ2) is 8.17. The van der Waals surface area contributed by atoms with E-state index in [1.165, 1.54) is 4.90 Å². The molecule has 1 unspecified atom stereocenters. The van der Waals surface area contributed by atoms with Gasteiger partial charge >= 0.3 is 0 Å². The summed E-state index contributed by atoms with van der Waals surface area (Å²) in [5.41, 5.74) is 0.908. The first-order valence-corrected chi connectivity index (χ1v) is 9.26. The predicted molar refractivity (Wildman–Crippen MR) is 87.6 cm³/mol. The van der Waals surface area contributed by atoms with Crippen molar-refractivity contribution >= 4 is 16.2 Å². The van der Waals surface area contributed by atoms with Crippen LogP contribution in [0.4, 0.5) is 0 Å². The Morgan fingerprint density at radius 1 is 1.27 bits per heavy atom. The molecule has 22 heavy (non-hydrogen) atoms. The summed E-state index contributed by atoms with van der Waals surface area (Å²) < 4.78 is 29.0. The van der Waals surface area contributed by atoms with Crippen LogP contribution in [0.15, 0.2) is 24.3 Å². The maximum atomic E-state index is 11.7. The molecule has 1 aromatic rings. The van der Waals surface area contributed by atoms with Gasteiger partial charge in [-0.1, -0.05) is 19.1 Å². The van der Waals surface area contributed by atoms with Crippen molar-refractivity contribution in [3.05, 3.63) is 29.8 Å². The molecule has 0 heterocycles. The van der Waals surface area contributed by atoms with Crippen LogP contribution in [0.5, 0.6) is 5.75 Å². The highest BCUT2D eigenvalue weighted by Gasteiger charge is 2.19. The fourth-order valence-electron chi connectivity index (χ4n) is 2.08. The van der Waals surface area contributed by atoms with Gasteiger partial charge in [0.1, 0.15) is 5.75 Å². The number of rotatable bonds is 9. The maximum absolute atomic E-state index is 11.7. The van der Waals surface area contributed by atoms with Gasteiger partial charge < -0.3 is 9.64 Å². The van der Waals surface area contributed by atoms with Crippen molar-refractivity contribution in [1.82, 2.24) is 4.90 Å². The van der Waals surface area contributed by atoms with E-state index in [2.05, 4.69) is 0 Å². The monoisotopic (exact) mass is 327 g/mol. The summed E-state index contributed by atoms with van der Waals surface area (Å²) in [7, 11) is -3.12. The molecule has 0 saturated heterocycles. The summed E-state index contributed by atoms with van der Waals surface area (Å²) in [5.74, 6) is 0.804. The second-order valence-electron chi connectivity index (χ2n) is 5.64. The third-order valence-electron chi connectivity index (χ3n) is 3.27. The summed E-state index contributed by atoms with van der Waals surface area (Å²) >= 11 is 0. The van der Waals surface area contributed by atoms with E-state index in [0.717, 1.165) is 11.3 Å². The van der Waals surface area contributed by atoms with Gasteiger partial charge in [-0.05, 0) is 38.5 Å². The molecule has 0 radical (unpaired) electrons. The van der Waals surface area contributed by atoms with Gasteiger partial charge in [0.15, 0.2) is 9.84 Å². The number of sulfone groups is 1. The highest BCUT2D eigenvalue weighted by atomic mass is 32.2. The highest BCUT2D eigenvalue weighted by molar-refractivity contribution is 7.91. The lowest BCUT2D eigenvalue weighted by Gasteiger charge is -2.25. The Hall–Kier alpha value is -1.56. The first-order valence-electron chi connectivity index (χ1n) is 7.44. The van der Waals surface area contributed by atoms with Crippen LogP contribution >= 0.6 is 0 Å². The normalized spacial score (nSPS) is 13.0. The molecule has 0 spiro atoms. The number of carbonyl (C=O) groups excluding carboxylic acids is 1. The smallest absolute Gasteiger partial charge is 0.210 e. The van der Waals surface area contributed by atoms with Crippen molar-refractivity contribution in [3.63, 3.8) is 0 Å². The molecule has 0 aromatic heterocycles. The standard InChI is InChI=1S/C16H25NO4S/c1-5-22(19,20)11-14(4)17(12-18)10-15-7-6-8-16(9-15)21-13(2)3/h6-9,12-14H,5,10-11H2,1-4H3. The van der Waals surface area contributed by atoms with E-state index in [-0.39, 0.29) is 23.7 Å². The van der Waals surface area contributed by atoms with Crippen LogP contribution < -0.4 is 4.74 Å². The number of ether oxygens (including phenoxy) is 1. The van der Waals surface area contributed by atoms with E-state index in [9.17, 15) is 13.2 Å². The van der Waals surface area contributed by atoms with Gasteiger partial charge in [0, 0.05) is 18.3 Å². The van der Waals surface area contributed by atoms with Gasteiger partial charge in [0.05, 0.1) is 11.9 Å². The molecule has 0 N–H and O–H groups in total. The van der Waals surface area contributed by atoms with Crippen LogP contribution in [0.1, 0.15) is 33.3 Å². The molecular formula is C16H25NO4S. The van der Waals surface area contributed by atoms with E-state index >= 15 is 0 Å². The number of hydrogen-bond acceptors (Lipinski definition) is 4. The molecule has 0 saturated carbocycles. The number of benzene rings is 1. The van der Waals surface area contributed by atoms with Gasteiger partial charge in [-0.15, -0.1) is 0 Å².